The molecule has 0 saturated carbocycles. The highest BCUT2D eigenvalue weighted by molar-refractivity contribution is 14.1. The van der Waals surface area contributed by atoms with Crippen LogP contribution in [0.5, 0.6) is 0 Å². The number of aromatic nitrogens is 4. The van der Waals surface area contributed by atoms with E-state index in [1.165, 1.54) is 0 Å². The molecule has 3 rings (SSSR count). The Bertz CT molecular complexity index is 1190. The summed E-state index contributed by atoms with van der Waals surface area (Å²) in [5, 5.41) is 11.6. The van der Waals surface area contributed by atoms with Gasteiger partial charge >= 0.3 is 0 Å². The van der Waals surface area contributed by atoms with Crippen LogP contribution in [0.1, 0.15) is 0 Å². The van der Waals surface area contributed by atoms with Gasteiger partial charge in [-0.1, -0.05) is 0 Å². The lowest BCUT2D eigenvalue weighted by Gasteiger charge is -2.05. The number of halogens is 1. The topological polar surface area (TPSA) is 152 Å². The van der Waals surface area contributed by atoms with Crippen LogP contribution in [0.3, 0.4) is 0 Å². The summed E-state index contributed by atoms with van der Waals surface area (Å²) in [6.07, 6.45) is 0. The minimum absolute atomic E-state index is 0.155. The van der Waals surface area contributed by atoms with Gasteiger partial charge in [-0.25, -0.2) is 0 Å². The Hall–Kier alpha value is -1.94. The van der Waals surface area contributed by atoms with Crippen LogP contribution >= 0.6 is 22.6 Å². The number of benzene rings is 2. The van der Waals surface area contributed by atoms with E-state index >= 15 is 0 Å². The monoisotopic (exact) mass is 508 g/mol. The van der Waals surface area contributed by atoms with Crippen molar-refractivity contribution in [2.24, 2.45) is 0 Å². The lowest BCUT2D eigenvalue weighted by molar-refractivity contribution is 0.481. The predicted molar refractivity (Wildman–Crippen MR) is 96.9 cm³/mol. The molecule has 0 aliphatic rings. The minimum atomic E-state index is -4.82. The van der Waals surface area contributed by atoms with E-state index in [1.54, 1.807) is 12.1 Å². The zero-order chi connectivity index (χ0) is 19.1. The van der Waals surface area contributed by atoms with Crippen LogP contribution in [-0.4, -0.2) is 46.1 Å². The summed E-state index contributed by atoms with van der Waals surface area (Å²) in [7, 11) is -9.48. The third kappa shape index (κ3) is 3.90. The summed E-state index contributed by atoms with van der Waals surface area (Å²) >= 11 is 2.12. The summed E-state index contributed by atoms with van der Waals surface area (Å²) in [5.41, 5.74) is 0.392. The molecule has 10 nitrogen and oxygen atoms in total. The normalized spacial score (nSPS) is 12.3. The van der Waals surface area contributed by atoms with Crippen molar-refractivity contribution in [1.29, 1.82) is 0 Å². The average Bonchev–Trinajstić information content (AvgIpc) is 3.03. The van der Waals surface area contributed by atoms with Crippen molar-refractivity contribution in [2.75, 3.05) is 0 Å². The van der Waals surface area contributed by atoms with E-state index in [0.29, 0.717) is 11.8 Å². The Morgan fingerprint density at radius 3 is 2.15 bits per heavy atom. The first-order chi connectivity index (χ1) is 12.1. The second-order valence-electron chi connectivity index (χ2n) is 4.99. The summed E-state index contributed by atoms with van der Waals surface area (Å²) < 4.78 is 65.1. The van der Waals surface area contributed by atoms with Crippen LogP contribution in [-0.2, 0) is 20.2 Å². The fourth-order valence-electron chi connectivity index (χ4n) is 2.07. The maximum absolute atomic E-state index is 11.6. The molecule has 0 unspecified atom stereocenters. The number of rotatable bonds is 4. The first-order valence-electron chi connectivity index (χ1n) is 6.71. The molecular weight excluding hydrogens is 499 g/mol. The smallest absolute Gasteiger partial charge is 0.282 e. The molecule has 0 fully saturated rings. The fraction of sp³-hybridized carbons (Fsp3) is 0. The van der Waals surface area contributed by atoms with Crippen LogP contribution in [0.2, 0.25) is 0 Å². The second-order valence-corrected chi connectivity index (χ2v) is 9.04. The molecule has 26 heavy (non-hydrogen) atoms. The summed E-state index contributed by atoms with van der Waals surface area (Å²) in [6, 6.07) is 9.70. The van der Waals surface area contributed by atoms with Gasteiger partial charge in [0.05, 0.1) is 10.6 Å². The molecule has 2 aromatic carbocycles. The summed E-state index contributed by atoms with van der Waals surface area (Å²) in [6.45, 7) is 0. The van der Waals surface area contributed by atoms with Crippen molar-refractivity contribution in [2.45, 2.75) is 9.79 Å². The van der Waals surface area contributed by atoms with E-state index in [9.17, 15) is 21.4 Å². The number of hydrogen-bond donors (Lipinski definition) is 2. The third-order valence-corrected chi connectivity index (χ3v) is 5.70. The van der Waals surface area contributed by atoms with Crippen LogP contribution in [0, 0.1) is 3.57 Å². The van der Waals surface area contributed by atoms with Crippen LogP contribution in [0.15, 0.2) is 52.3 Å². The maximum Gasteiger partial charge on any atom is 0.295 e. The molecule has 0 atom stereocenters. The lowest BCUT2D eigenvalue weighted by atomic mass is 10.2. The zero-order valence-electron chi connectivity index (χ0n) is 12.6. The second kappa shape index (κ2) is 6.66. The van der Waals surface area contributed by atoms with Crippen molar-refractivity contribution < 1.29 is 25.9 Å². The molecular formula is C13H9IN4O6S2. The molecule has 0 radical (unpaired) electrons. The Kier molecular flexibility index (Phi) is 4.82. The molecule has 0 saturated heterocycles. The van der Waals surface area contributed by atoms with E-state index in [1.807, 2.05) is 12.1 Å². The van der Waals surface area contributed by atoms with Crippen molar-refractivity contribution in [3.8, 4) is 17.1 Å². The Morgan fingerprint density at radius 1 is 0.923 bits per heavy atom. The van der Waals surface area contributed by atoms with Gasteiger partial charge in [-0.05, 0) is 70.3 Å². The predicted octanol–water partition coefficient (Wildman–Crippen LogP) is 1.43. The quantitative estimate of drug-likeness (QED) is 0.394. The van der Waals surface area contributed by atoms with Gasteiger partial charge in [-0.2, -0.15) is 16.8 Å². The molecule has 136 valence electrons. The maximum atomic E-state index is 11.6. The van der Waals surface area contributed by atoms with Gasteiger partial charge in [0.2, 0.25) is 5.82 Å². The van der Waals surface area contributed by atoms with Crippen LogP contribution in [0.25, 0.3) is 17.1 Å². The average molecular weight is 508 g/mol. The van der Waals surface area contributed by atoms with Crippen molar-refractivity contribution in [3.63, 3.8) is 0 Å². The first-order valence-corrected chi connectivity index (χ1v) is 10.7. The Morgan fingerprint density at radius 2 is 1.58 bits per heavy atom. The molecule has 0 spiro atoms. The van der Waals surface area contributed by atoms with E-state index in [0.717, 1.165) is 20.5 Å². The largest absolute Gasteiger partial charge is 0.295 e. The SMILES string of the molecule is O=S(=O)(O)c1ccc(-c2nnn(-c3ccc(I)cc3)n2)c(S(=O)(=O)O)c1. The standard InChI is InChI=1S/C13H9IN4O6S2/c14-8-1-3-9(4-2-8)18-16-13(15-17-18)11-6-5-10(25(19,20)21)7-12(11)26(22,23)24/h1-7H,(H,19,20,21)(H,22,23,24). The molecule has 0 aliphatic heterocycles. The van der Waals surface area contributed by atoms with Crippen molar-refractivity contribution >= 4 is 42.8 Å². The zero-order valence-corrected chi connectivity index (χ0v) is 16.3. The van der Waals surface area contributed by atoms with E-state index in [2.05, 4.69) is 38.0 Å². The number of nitrogens with zero attached hydrogens (tertiary/aromatic N) is 4. The summed E-state index contributed by atoms with van der Waals surface area (Å²) in [5.74, 6) is -0.155. The van der Waals surface area contributed by atoms with Crippen LogP contribution < -0.4 is 0 Å². The molecule has 0 amide bonds. The van der Waals surface area contributed by atoms with Crippen molar-refractivity contribution in [3.05, 3.63) is 46.0 Å². The third-order valence-electron chi connectivity index (χ3n) is 3.24. The summed E-state index contributed by atoms with van der Waals surface area (Å²) in [4.78, 5) is -0.315. The van der Waals surface area contributed by atoms with Gasteiger partial charge < -0.3 is 0 Å². The molecule has 0 bridgehead atoms. The Labute approximate surface area is 161 Å². The highest BCUT2D eigenvalue weighted by atomic mass is 127. The van der Waals surface area contributed by atoms with Crippen LogP contribution in [0.4, 0.5) is 0 Å². The molecule has 0 aliphatic carbocycles. The molecule has 3 aromatic rings. The first kappa shape index (κ1) is 18.8. The lowest BCUT2D eigenvalue weighted by Crippen LogP contribution is -2.06. The van der Waals surface area contributed by atoms with E-state index < -0.39 is 30.0 Å². The molecule has 1 aromatic heterocycles. The van der Waals surface area contributed by atoms with E-state index in [4.69, 9.17) is 4.55 Å². The van der Waals surface area contributed by atoms with Gasteiger partial charge in [0.15, 0.2) is 0 Å². The van der Waals surface area contributed by atoms with Gasteiger partial charge in [-0.3, -0.25) is 9.11 Å². The molecule has 1 heterocycles. The molecule has 13 heteroatoms. The van der Waals surface area contributed by atoms with E-state index in [-0.39, 0.29) is 11.4 Å². The highest BCUT2D eigenvalue weighted by Crippen LogP contribution is 2.27. The Balaban J connectivity index is 2.14. The fourth-order valence-corrected chi connectivity index (χ4v) is 3.72. The highest BCUT2D eigenvalue weighted by Gasteiger charge is 2.23. The van der Waals surface area contributed by atoms with Gasteiger partial charge in [0.1, 0.15) is 4.90 Å². The number of hydrogen-bond acceptors (Lipinski definition) is 7. The number of tetrazole rings is 1. The minimum Gasteiger partial charge on any atom is -0.282 e. The van der Waals surface area contributed by atoms with Gasteiger partial charge in [0.25, 0.3) is 20.2 Å². The van der Waals surface area contributed by atoms with Gasteiger partial charge in [0, 0.05) is 9.13 Å². The van der Waals surface area contributed by atoms with Gasteiger partial charge in [-0.15, -0.1) is 15.0 Å². The molecule has 2 N–H and O–H groups in total. The van der Waals surface area contributed by atoms with Crippen molar-refractivity contribution in [1.82, 2.24) is 20.2 Å².